The molecule has 0 spiro atoms. The van der Waals surface area contributed by atoms with E-state index in [1.54, 1.807) is 0 Å². The van der Waals surface area contributed by atoms with Gasteiger partial charge in [0.1, 0.15) is 0 Å². The van der Waals surface area contributed by atoms with Crippen molar-refractivity contribution in [1.29, 1.82) is 0 Å². The van der Waals surface area contributed by atoms with Crippen LogP contribution in [0.4, 0.5) is 0 Å². The van der Waals surface area contributed by atoms with Crippen LogP contribution in [-0.2, 0) is 13.0 Å². The SMILES string of the molecule is CCNC(C)c1nnnn1CC1Cc2ccccc21. The van der Waals surface area contributed by atoms with Gasteiger partial charge >= 0.3 is 0 Å². The summed E-state index contributed by atoms with van der Waals surface area (Å²) in [5.74, 6) is 1.47. The first-order chi connectivity index (χ1) is 9.29. The number of aromatic nitrogens is 4. The monoisotopic (exact) mass is 257 g/mol. The third-order valence-corrected chi connectivity index (χ3v) is 3.81. The Bertz CT molecular complexity index is 562. The first-order valence-electron chi connectivity index (χ1n) is 6.86. The highest BCUT2D eigenvalue weighted by atomic mass is 15.5. The van der Waals surface area contributed by atoms with Gasteiger partial charge in [-0.15, -0.1) is 5.10 Å². The van der Waals surface area contributed by atoms with E-state index >= 15 is 0 Å². The van der Waals surface area contributed by atoms with Crippen LogP contribution < -0.4 is 5.32 Å². The quantitative estimate of drug-likeness (QED) is 0.885. The molecule has 5 nitrogen and oxygen atoms in total. The molecule has 0 saturated carbocycles. The maximum Gasteiger partial charge on any atom is 0.167 e. The molecule has 0 aliphatic heterocycles. The minimum absolute atomic E-state index is 0.190. The summed E-state index contributed by atoms with van der Waals surface area (Å²) >= 11 is 0. The fraction of sp³-hybridized carbons (Fsp3) is 0.500. The number of tetrazole rings is 1. The third kappa shape index (κ3) is 2.26. The Labute approximate surface area is 113 Å². The molecule has 1 aromatic heterocycles. The number of benzene rings is 1. The van der Waals surface area contributed by atoms with E-state index in [-0.39, 0.29) is 6.04 Å². The van der Waals surface area contributed by atoms with Gasteiger partial charge in [0, 0.05) is 5.92 Å². The van der Waals surface area contributed by atoms with Crippen molar-refractivity contribution in [3.05, 3.63) is 41.2 Å². The topological polar surface area (TPSA) is 55.6 Å². The summed E-state index contributed by atoms with van der Waals surface area (Å²) in [5, 5.41) is 15.4. The van der Waals surface area contributed by atoms with Crippen molar-refractivity contribution < 1.29 is 0 Å². The largest absolute Gasteiger partial charge is 0.308 e. The van der Waals surface area contributed by atoms with E-state index in [2.05, 4.69) is 59.0 Å². The summed E-state index contributed by atoms with van der Waals surface area (Å²) in [6.45, 7) is 5.97. The number of nitrogens with zero attached hydrogens (tertiary/aromatic N) is 4. The van der Waals surface area contributed by atoms with Gasteiger partial charge in [0.05, 0.1) is 12.6 Å². The molecular formula is C14H19N5. The van der Waals surface area contributed by atoms with E-state index < -0.39 is 0 Å². The van der Waals surface area contributed by atoms with E-state index in [0.717, 1.165) is 25.3 Å². The Hall–Kier alpha value is -1.75. The van der Waals surface area contributed by atoms with Crippen molar-refractivity contribution >= 4 is 0 Å². The van der Waals surface area contributed by atoms with Gasteiger partial charge in [-0.3, -0.25) is 0 Å². The standard InChI is InChI=1S/C14H19N5/c1-3-15-10(2)14-16-17-18-19(14)9-12-8-11-6-4-5-7-13(11)12/h4-7,10,12,15H,3,8-9H2,1-2H3. The molecule has 0 radical (unpaired) electrons. The fourth-order valence-corrected chi connectivity index (χ4v) is 2.78. The van der Waals surface area contributed by atoms with Gasteiger partial charge in [-0.05, 0) is 41.4 Å². The Morgan fingerprint density at radius 2 is 2.26 bits per heavy atom. The minimum atomic E-state index is 0.190. The van der Waals surface area contributed by atoms with Gasteiger partial charge in [-0.25, -0.2) is 4.68 Å². The summed E-state index contributed by atoms with van der Waals surface area (Å²) in [6.07, 6.45) is 1.13. The van der Waals surface area contributed by atoms with Gasteiger partial charge in [0.15, 0.2) is 5.82 Å². The zero-order valence-electron chi connectivity index (χ0n) is 11.4. The summed E-state index contributed by atoms with van der Waals surface area (Å²) in [6, 6.07) is 8.81. The first kappa shape index (κ1) is 12.3. The Balaban J connectivity index is 1.74. The van der Waals surface area contributed by atoms with Crippen LogP contribution >= 0.6 is 0 Å². The van der Waals surface area contributed by atoms with Crippen molar-refractivity contribution in [2.24, 2.45) is 0 Å². The van der Waals surface area contributed by atoms with Crippen molar-refractivity contribution in [3.63, 3.8) is 0 Å². The summed E-state index contributed by atoms with van der Waals surface area (Å²) in [4.78, 5) is 0. The van der Waals surface area contributed by atoms with Crippen LogP contribution in [-0.4, -0.2) is 26.8 Å². The average molecular weight is 257 g/mol. The predicted molar refractivity (Wildman–Crippen MR) is 72.8 cm³/mol. The second-order valence-electron chi connectivity index (χ2n) is 5.10. The molecule has 2 unspecified atom stereocenters. The van der Waals surface area contributed by atoms with E-state index in [0.29, 0.717) is 5.92 Å². The molecule has 1 heterocycles. The molecule has 5 heteroatoms. The molecule has 1 aliphatic carbocycles. The van der Waals surface area contributed by atoms with E-state index in [9.17, 15) is 0 Å². The van der Waals surface area contributed by atoms with Gasteiger partial charge in [0.2, 0.25) is 0 Å². The lowest BCUT2D eigenvalue weighted by atomic mass is 9.77. The molecular weight excluding hydrogens is 238 g/mol. The second kappa shape index (κ2) is 5.09. The Morgan fingerprint density at radius 3 is 3.05 bits per heavy atom. The van der Waals surface area contributed by atoms with Crippen LogP contribution in [0.2, 0.25) is 0 Å². The van der Waals surface area contributed by atoms with E-state index in [1.807, 2.05) is 4.68 Å². The Morgan fingerprint density at radius 1 is 1.42 bits per heavy atom. The molecule has 100 valence electrons. The minimum Gasteiger partial charge on any atom is -0.308 e. The summed E-state index contributed by atoms with van der Waals surface area (Å²) in [7, 11) is 0. The summed E-state index contributed by atoms with van der Waals surface area (Å²) < 4.78 is 1.94. The smallest absolute Gasteiger partial charge is 0.167 e. The zero-order valence-corrected chi connectivity index (χ0v) is 11.4. The Kier molecular flexibility index (Phi) is 3.29. The fourth-order valence-electron chi connectivity index (χ4n) is 2.78. The highest BCUT2D eigenvalue weighted by molar-refractivity contribution is 5.39. The van der Waals surface area contributed by atoms with Gasteiger partial charge in [0.25, 0.3) is 0 Å². The van der Waals surface area contributed by atoms with Crippen molar-refractivity contribution in [2.75, 3.05) is 6.54 Å². The molecule has 19 heavy (non-hydrogen) atoms. The molecule has 0 amide bonds. The van der Waals surface area contributed by atoms with Crippen molar-refractivity contribution in [1.82, 2.24) is 25.5 Å². The molecule has 2 aromatic rings. The molecule has 0 fully saturated rings. The van der Waals surface area contributed by atoms with Crippen LogP contribution in [0.15, 0.2) is 24.3 Å². The molecule has 1 N–H and O–H groups in total. The van der Waals surface area contributed by atoms with Crippen LogP contribution in [0.1, 0.15) is 42.8 Å². The van der Waals surface area contributed by atoms with Crippen molar-refractivity contribution in [3.8, 4) is 0 Å². The van der Waals surface area contributed by atoms with Crippen molar-refractivity contribution in [2.45, 2.75) is 38.8 Å². The maximum atomic E-state index is 4.14. The van der Waals surface area contributed by atoms with Crippen LogP contribution in [0, 0.1) is 0 Å². The number of hydrogen-bond donors (Lipinski definition) is 1. The lowest BCUT2D eigenvalue weighted by Gasteiger charge is -2.30. The van der Waals surface area contributed by atoms with Crippen LogP contribution in [0.5, 0.6) is 0 Å². The first-order valence-corrected chi connectivity index (χ1v) is 6.86. The molecule has 0 saturated heterocycles. The van der Waals surface area contributed by atoms with E-state index in [4.69, 9.17) is 0 Å². The van der Waals surface area contributed by atoms with Gasteiger partial charge in [-0.1, -0.05) is 31.2 Å². The highest BCUT2D eigenvalue weighted by Crippen LogP contribution is 2.35. The number of hydrogen-bond acceptors (Lipinski definition) is 4. The zero-order chi connectivity index (χ0) is 13.2. The van der Waals surface area contributed by atoms with Crippen LogP contribution in [0.25, 0.3) is 0 Å². The molecule has 3 rings (SSSR count). The number of rotatable bonds is 5. The lowest BCUT2D eigenvalue weighted by molar-refractivity contribution is 0.431. The van der Waals surface area contributed by atoms with Gasteiger partial charge in [-0.2, -0.15) is 0 Å². The average Bonchev–Trinajstić information content (AvgIpc) is 2.84. The predicted octanol–water partition coefficient (Wildman–Crippen LogP) is 1.68. The summed E-state index contributed by atoms with van der Waals surface area (Å²) in [5.41, 5.74) is 2.90. The number of nitrogens with one attached hydrogen (secondary N) is 1. The van der Waals surface area contributed by atoms with Gasteiger partial charge < -0.3 is 5.32 Å². The second-order valence-corrected chi connectivity index (χ2v) is 5.10. The van der Waals surface area contributed by atoms with Crippen LogP contribution in [0.3, 0.4) is 0 Å². The van der Waals surface area contributed by atoms with E-state index in [1.165, 1.54) is 11.1 Å². The maximum absolute atomic E-state index is 4.14. The lowest BCUT2D eigenvalue weighted by Crippen LogP contribution is -2.26. The highest BCUT2D eigenvalue weighted by Gasteiger charge is 2.27. The number of fused-ring (bicyclic) bond motifs is 1. The molecule has 1 aromatic carbocycles. The molecule has 1 aliphatic rings. The third-order valence-electron chi connectivity index (χ3n) is 3.81. The normalized spacial score (nSPS) is 18.7. The molecule has 0 bridgehead atoms. The molecule has 2 atom stereocenters.